The van der Waals surface area contributed by atoms with Gasteiger partial charge in [-0.15, -0.1) is 21.8 Å². The van der Waals surface area contributed by atoms with Crippen LogP contribution in [0, 0.1) is 0 Å². The van der Waals surface area contributed by atoms with E-state index in [1.54, 1.807) is 14.2 Å². The van der Waals surface area contributed by atoms with Crippen molar-refractivity contribution in [3.8, 4) is 22.1 Å². The van der Waals surface area contributed by atoms with Crippen molar-refractivity contribution < 1.29 is 9.47 Å². The molecule has 2 rings (SSSR count). The molecule has 1 aromatic carbocycles. The molecule has 0 radical (unpaired) electrons. The molecule has 0 aliphatic heterocycles. The van der Waals surface area contributed by atoms with Crippen molar-refractivity contribution >= 4 is 22.9 Å². The van der Waals surface area contributed by atoms with E-state index in [-0.39, 0.29) is 0 Å². The summed E-state index contributed by atoms with van der Waals surface area (Å²) >= 11 is 7.16. The number of nitrogens with zero attached hydrogens (tertiary/aromatic N) is 2. The van der Waals surface area contributed by atoms with E-state index in [4.69, 9.17) is 21.1 Å². The maximum Gasteiger partial charge on any atom is 0.148 e. The summed E-state index contributed by atoms with van der Waals surface area (Å²) in [5.74, 6) is 1.82. The van der Waals surface area contributed by atoms with Gasteiger partial charge < -0.3 is 9.47 Å². The van der Waals surface area contributed by atoms with Gasteiger partial charge in [0, 0.05) is 11.6 Å². The van der Waals surface area contributed by atoms with Gasteiger partial charge in [-0.3, -0.25) is 0 Å². The molecule has 0 aliphatic rings. The van der Waals surface area contributed by atoms with Gasteiger partial charge in [0.1, 0.15) is 21.5 Å². The van der Waals surface area contributed by atoms with E-state index in [0.717, 1.165) is 27.1 Å². The van der Waals surface area contributed by atoms with Gasteiger partial charge in [0.25, 0.3) is 0 Å². The van der Waals surface area contributed by atoms with E-state index < -0.39 is 0 Å². The molecule has 0 spiro atoms. The molecule has 0 fully saturated rings. The molecule has 0 atom stereocenters. The number of halogens is 1. The summed E-state index contributed by atoms with van der Waals surface area (Å²) < 4.78 is 10.4. The Hall–Kier alpha value is -1.33. The topological polar surface area (TPSA) is 44.2 Å². The molecule has 0 amide bonds. The Morgan fingerprint density at radius 3 is 2.24 bits per heavy atom. The number of rotatable bonds is 4. The first-order valence-electron chi connectivity index (χ1n) is 4.88. The fourth-order valence-corrected chi connectivity index (χ4v) is 2.25. The SMILES string of the molecule is COc1cc(OC)cc(-c2nnc(CCl)s2)c1. The van der Waals surface area contributed by atoms with Gasteiger partial charge in [-0.25, -0.2) is 0 Å². The van der Waals surface area contributed by atoms with Crippen LogP contribution in [0.25, 0.3) is 10.6 Å². The van der Waals surface area contributed by atoms with Crippen LogP contribution in [0.3, 0.4) is 0 Å². The lowest BCUT2D eigenvalue weighted by Gasteiger charge is -2.06. The van der Waals surface area contributed by atoms with Crippen molar-refractivity contribution in [1.82, 2.24) is 10.2 Å². The van der Waals surface area contributed by atoms with Crippen molar-refractivity contribution in [2.45, 2.75) is 5.88 Å². The second-order valence-corrected chi connectivity index (χ2v) is 4.57. The highest BCUT2D eigenvalue weighted by atomic mass is 35.5. The van der Waals surface area contributed by atoms with Crippen LogP contribution in [-0.4, -0.2) is 24.4 Å². The van der Waals surface area contributed by atoms with Crippen LogP contribution < -0.4 is 9.47 Å². The van der Waals surface area contributed by atoms with Crippen LogP contribution in [-0.2, 0) is 5.88 Å². The predicted molar refractivity (Wildman–Crippen MR) is 68.0 cm³/mol. The molecule has 0 unspecified atom stereocenters. The minimum Gasteiger partial charge on any atom is -0.497 e. The fourth-order valence-electron chi connectivity index (χ4n) is 1.36. The smallest absolute Gasteiger partial charge is 0.148 e. The molecule has 1 heterocycles. The second-order valence-electron chi connectivity index (χ2n) is 3.24. The van der Waals surface area contributed by atoms with Crippen LogP contribution in [0.2, 0.25) is 0 Å². The Bertz CT molecular complexity index is 494. The lowest BCUT2D eigenvalue weighted by Crippen LogP contribution is -1.88. The monoisotopic (exact) mass is 270 g/mol. The van der Waals surface area contributed by atoms with Gasteiger partial charge in [0.05, 0.1) is 20.1 Å². The molecule has 4 nitrogen and oxygen atoms in total. The normalized spacial score (nSPS) is 10.3. The molecular weight excluding hydrogens is 260 g/mol. The Kier molecular flexibility index (Phi) is 3.81. The first-order valence-corrected chi connectivity index (χ1v) is 6.23. The van der Waals surface area contributed by atoms with Crippen molar-refractivity contribution in [3.05, 3.63) is 23.2 Å². The molecule has 0 bridgehead atoms. The summed E-state index contributed by atoms with van der Waals surface area (Å²) in [5.41, 5.74) is 0.912. The van der Waals surface area contributed by atoms with Crippen LogP contribution in [0.1, 0.15) is 5.01 Å². The van der Waals surface area contributed by atoms with Crippen LogP contribution in [0.5, 0.6) is 11.5 Å². The Morgan fingerprint density at radius 1 is 1.12 bits per heavy atom. The fraction of sp³-hybridized carbons (Fsp3) is 0.273. The maximum atomic E-state index is 5.70. The van der Waals surface area contributed by atoms with Crippen molar-refractivity contribution in [1.29, 1.82) is 0 Å². The maximum absolute atomic E-state index is 5.70. The summed E-state index contributed by atoms with van der Waals surface area (Å²) in [6, 6.07) is 5.59. The third kappa shape index (κ3) is 2.68. The quantitative estimate of drug-likeness (QED) is 0.801. The van der Waals surface area contributed by atoms with Gasteiger partial charge in [0.15, 0.2) is 0 Å². The summed E-state index contributed by atoms with van der Waals surface area (Å²) in [5, 5.41) is 9.66. The van der Waals surface area contributed by atoms with Gasteiger partial charge in [0.2, 0.25) is 0 Å². The average Bonchev–Trinajstić information content (AvgIpc) is 2.86. The van der Waals surface area contributed by atoms with Gasteiger partial charge in [-0.05, 0) is 12.1 Å². The van der Waals surface area contributed by atoms with E-state index in [0.29, 0.717) is 5.88 Å². The molecule has 2 aromatic rings. The zero-order valence-electron chi connectivity index (χ0n) is 9.44. The van der Waals surface area contributed by atoms with Gasteiger partial charge >= 0.3 is 0 Å². The average molecular weight is 271 g/mol. The molecule has 0 N–H and O–H groups in total. The zero-order chi connectivity index (χ0) is 12.3. The van der Waals surface area contributed by atoms with E-state index in [9.17, 15) is 0 Å². The van der Waals surface area contributed by atoms with E-state index in [1.165, 1.54) is 11.3 Å². The van der Waals surface area contributed by atoms with Gasteiger partial charge in [-0.2, -0.15) is 0 Å². The van der Waals surface area contributed by atoms with Gasteiger partial charge in [-0.1, -0.05) is 11.3 Å². The summed E-state index contributed by atoms with van der Waals surface area (Å²) in [7, 11) is 3.23. The van der Waals surface area contributed by atoms with Crippen LogP contribution in [0.15, 0.2) is 18.2 Å². The minimum absolute atomic E-state index is 0.374. The number of ether oxygens (including phenoxy) is 2. The largest absolute Gasteiger partial charge is 0.497 e. The summed E-state index contributed by atoms with van der Waals surface area (Å²) in [4.78, 5) is 0. The van der Waals surface area contributed by atoms with Crippen molar-refractivity contribution in [2.75, 3.05) is 14.2 Å². The van der Waals surface area contributed by atoms with Crippen LogP contribution >= 0.6 is 22.9 Å². The van der Waals surface area contributed by atoms with E-state index in [2.05, 4.69) is 10.2 Å². The number of hydrogen-bond donors (Lipinski definition) is 0. The summed E-state index contributed by atoms with van der Waals surface area (Å²) in [6.45, 7) is 0. The van der Waals surface area contributed by atoms with Crippen molar-refractivity contribution in [2.24, 2.45) is 0 Å². The van der Waals surface area contributed by atoms with Crippen molar-refractivity contribution in [3.63, 3.8) is 0 Å². The highest BCUT2D eigenvalue weighted by Gasteiger charge is 2.09. The predicted octanol–water partition coefficient (Wildman–Crippen LogP) is 2.96. The molecule has 0 saturated heterocycles. The first kappa shape index (κ1) is 12.1. The van der Waals surface area contributed by atoms with Crippen LogP contribution in [0.4, 0.5) is 0 Å². The molecule has 1 aromatic heterocycles. The third-order valence-electron chi connectivity index (χ3n) is 2.18. The highest BCUT2D eigenvalue weighted by molar-refractivity contribution is 7.14. The summed E-state index contributed by atoms with van der Waals surface area (Å²) in [6.07, 6.45) is 0. The Balaban J connectivity index is 2.43. The lowest BCUT2D eigenvalue weighted by molar-refractivity contribution is 0.394. The molecular formula is C11H11ClN2O2S. The second kappa shape index (κ2) is 5.33. The third-order valence-corrected chi connectivity index (χ3v) is 3.56. The molecule has 0 saturated carbocycles. The first-order chi connectivity index (χ1) is 8.26. The lowest BCUT2D eigenvalue weighted by atomic mass is 10.2. The standard InChI is InChI=1S/C11H11ClN2O2S/c1-15-8-3-7(4-9(5-8)16-2)11-14-13-10(6-12)17-11/h3-5H,6H2,1-2H3. The molecule has 0 aliphatic carbocycles. The zero-order valence-corrected chi connectivity index (χ0v) is 11.0. The molecule has 90 valence electrons. The Morgan fingerprint density at radius 2 is 1.76 bits per heavy atom. The van der Waals surface area contributed by atoms with E-state index in [1.807, 2.05) is 18.2 Å². The molecule has 17 heavy (non-hydrogen) atoms. The minimum atomic E-state index is 0.374. The number of aromatic nitrogens is 2. The Labute approximate surface area is 108 Å². The highest BCUT2D eigenvalue weighted by Crippen LogP contribution is 2.31. The number of benzene rings is 1. The molecule has 6 heteroatoms. The van der Waals surface area contributed by atoms with E-state index >= 15 is 0 Å². The number of methoxy groups -OCH3 is 2. The number of alkyl halides is 1. The number of hydrogen-bond acceptors (Lipinski definition) is 5.